The van der Waals surface area contributed by atoms with Crippen LogP contribution in [0.5, 0.6) is 0 Å². The Labute approximate surface area is 95.8 Å². The van der Waals surface area contributed by atoms with Crippen molar-refractivity contribution in [3.05, 3.63) is 11.3 Å². The topological polar surface area (TPSA) is 44.7 Å². The average molecular weight is 235 g/mol. The van der Waals surface area contributed by atoms with Gasteiger partial charge in [0.2, 0.25) is 0 Å². The van der Waals surface area contributed by atoms with Crippen LogP contribution < -0.4 is 5.43 Å². The quantitative estimate of drug-likeness (QED) is 0.699. The second-order valence-electron chi connectivity index (χ2n) is 3.63. The number of hydrogen-bond acceptors (Lipinski definition) is 4. The lowest BCUT2D eigenvalue weighted by Crippen LogP contribution is -2.45. The Morgan fingerprint density at radius 3 is 2.80 bits per heavy atom. The van der Waals surface area contributed by atoms with Crippen LogP contribution in [-0.4, -0.2) is 41.5 Å². The molecular formula is C10H19ClN2O2. The van der Waals surface area contributed by atoms with Crippen molar-refractivity contribution in [2.45, 2.75) is 33.0 Å². The number of nitrogens with zero attached hydrogens (tertiary/aromatic N) is 1. The summed E-state index contributed by atoms with van der Waals surface area (Å²) in [7, 11) is 0. The molecule has 2 unspecified atom stereocenters. The van der Waals surface area contributed by atoms with E-state index in [-0.39, 0.29) is 18.9 Å². The van der Waals surface area contributed by atoms with E-state index in [1.165, 1.54) is 0 Å². The highest BCUT2D eigenvalue weighted by molar-refractivity contribution is 6.19. The molecule has 1 aliphatic heterocycles. The van der Waals surface area contributed by atoms with Crippen LogP contribution in [-0.2, 0) is 4.74 Å². The average Bonchev–Trinajstić information content (AvgIpc) is 2.55. The Hall–Kier alpha value is -0.290. The summed E-state index contributed by atoms with van der Waals surface area (Å²) in [6.45, 7) is 6.61. The number of nitrogens with one attached hydrogen (secondary N) is 1. The highest BCUT2D eigenvalue weighted by Gasteiger charge is 2.30. The third-order valence-electron chi connectivity index (χ3n) is 2.56. The summed E-state index contributed by atoms with van der Waals surface area (Å²) in [6.07, 6.45) is -0.113. The molecule has 2 N–H and O–H groups in total. The Bertz CT molecular complexity index is 246. The first kappa shape index (κ1) is 12.8. The van der Waals surface area contributed by atoms with Crippen LogP contribution in [0.25, 0.3) is 0 Å². The Morgan fingerprint density at radius 1 is 1.67 bits per heavy atom. The van der Waals surface area contributed by atoms with E-state index in [1.54, 1.807) is 0 Å². The third kappa shape index (κ3) is 2.64. The molecule has 15 heavy (non-hydrogen) atoms. The van der Waals surface area contributed by atoms with Gasteiger partial charge < -0.3 is 14.9 Å². The van der Waals surface area contributed by atoms with E-state index in [4.69, 9.17) is 21.4 Å². The van der Waals surface area contributed by atoms with Gasteiger partial charge in [0, 0.05) is 12.3 Å². The molecule has 1 aliphatic rings. The number of aliphatic hydroxyl groups is 1. The van der Waals surface area contributed by atoms with Crippen LogP contribution >= 0.6 is 11.6 Å². The fourth-order valence-corrected chi connectivity index (χ4v) is 1.96. The monoisotopic (exact) mass is 234 g/mol. The van der Waals surface area contributed by atoms with E-state index in [0.717, 1.165) is 11.3 Å². The predicted molar refractivity (Wildman–Crippen MR) is 60.4 cm³/mol. The zero-order valence-corrected chi connectivity index (χ0v) is 10.2. The highest BCUT2D eigenvalue weighted by Crippen LogP contribution is 2.24. The molecule has 0 bridgehead atoms. The standard InChI is InChI=1S/C10H19ClN2O2/c1-4-15-10-8(3)9(5-11)13(12-10)7(2)6-14/h7,10,12,14H,4-6H2,1-3H3. The number of hydrazine groups is 1. The van der Waals surface area contributed by atoms with Gasteiger partial charge in [-0.15, -0.1) is 11.6 Å². The van der Waals surface area contributed by atoms with Gasteiger partial charge in [-0.3, -0.25) is 0 Å². The van der Waals surface area contributed by atoms with Gasteiger partial charge in [0.25, 0.3) is 0 Å². The second-order valence-corrected chi connectivity index (χ2v) is 3.90. The Kier molecular flexibility index (Phi) is 4.86. The molecule has 1 rings (SSSR count). The second kappa shape index (κ2) is 5.70. The van der Waals surface area contributed by atoms with Crippen molar-refractivity contribution in [1.29, 1.82) is 0 Å². The summed E-state index contributed by atoms with van der Waals surface area (Å²) < 4.78 is 5.52. The van der Waals surface area contributed by atoms with Crippen molar-refractivity contribution in [2.24, 2.45) is 0 Å². The van der Waals surface area contributed by atoms with E-state index in [9.17, 15) is 0 Å². The molecule has 88 valence electrons. The first-order valence-electron chi connectivity index (χ1n) is 5.19. The molecule has 4 nitrogen and oxygen atoms in total. The predicted octanol–water partition coefficient (Wildman–Crippen LogP) is 1.06. The zero-order chi connectivity index (χ0) is 11.4. The van der Waals surface area contributed by atoms with E-state index >= 15 is 0 Å². The molecule has 0 fully saturated rings. The summed E-state index contributed by atoms with van der Waals surface area (Å²) in [5, 5.41) is 11.0. The molecule has 0 aromatic rings. The minimum absolute atomic E-state index is 0.000781. The number of allylic oxidation sites excluding steroid dienone is 1. The van der Waals surface area contributed by atoms with Crippen LogP contribution in [0.15, 0.2) is 11.3 Å². The van der Waals surface area contributed by atoms with Gasteiger partial charge in [-0.25, -0.2) is 5.43 Å². The van der Waals surface area contributed by atoms with E-state index in [0.29, 0.717) is 12.5 Å². The molecule has 0 aromatic heterocycles. The Balaban J connectivity index is 2.78. The third-order valence-corrected chi connectivity index (χ3v) is 2.81. The van der Waals surface area contributed by atoms with Crippen LogP contribution in [0.4, 0.5) is 0 Å². The first-order valence-corrected chi connectivity index (χ1v) is 5.72. The number of aliphatic hydroxyl groups excluding tert-OH is 1. The first-order chi connectivity index (χ1) is 7.15. The molecule has 0 aromatic carbocycles. The summed E-state index contributed by atoms with van der Waals surface area (Å²) >= 11 is 5.89. The van der Waals surface area contributed by atoms with Gasteiger partial charge in [0.1, 0.15) is 6.23 Å². The summed E-state index contributed by atoms with van der Waals surface area (Å²) in [4.78, 5) is 0. The van der Waals surface area contributed by atoms with Crippen LogP contribution in [0.3, 0.4) is 0 Å². The lowest BCUT2D eigenvalue weighted by Gasteiger charge is -2.28. The van der Waals surface area contributed by atoms with Gasteiger partial charge in [0.15, 0.2) is 0 Å². The molecule has 5 heteroatoms. The van der Waals surface area contributed by atoms with Gasteiger partial charge in [-0.1, -0.05) is 0 Å². The summed E-state index contributed by atoms with van der Waals surface area (Å²) in [5.74, 6) is 0.423. The molecule has 2 atom stereocenters. The smallest absolute Gasteiger partial charge is 0.148 e. The number of halogens is 1. The minimum Gasteiger partial charge on any atom is -0.394 e. The van der Waals surface area contributed by atoms with Gasteiger partial charge in [-0.2, -0.15) is 0 Å². The van der Waals surface area contributed by atoms with Crippen molar-refractivity contribution in [2.75, 3.05) is 19.1 Å². The van der Waals surface area contributed by atoms with Crippen molar-refractivity contribution in [3.63, 3.8) is 0 Å². The fourth-order valence-electron chi connectivity index (χ4n) is 1.62. The number of alkyl halides is 1. The number of rotatable bonds is 5. The molecule has 1 heterocycles. The summed E-state index contributed by atoms with van der Waals surface area (Å²) in [6, 6.07) is -0.000781. The summed E-state index contributed by atoms with van der Waals surface area (Å²) in [5.41, 5.74) is 5.27. The van der Waals surface area contributed by atoms with E-state index in [2.05, 4.69) is 5.43 Å². The Morgan fingerprint density at radius 2 is 2.33 bits per heavy atom. The van der Waals surface area contributed by atoms with Crippen molar-refractivity contribution >= 4 is 11.6 Å². The number of hydrogen-bond donors (Lipinski definition) is 2. The maximum atomic E-state index is 9.12. The minimum atomic E-state index is -0.113. The maximum Gasteiger partial charge on any atom is 0.148 e. The van der Waals surface area contributed by atoms with Crippen LogP contribution in [0.2, 0.25) is 0 Å². The molecular weight excluding hydrogens is 216 g/mol. The number of ether oxygens (including phenoxy) is 1. The largest absolute Gasteiger partial charge is 0.394 e. The van der Waals surface area contributed by atoms with Crippen LogP contribution in [0, 0.1) is 0 Å². The zero-order valence-electron chi connectivity index (χ0n) is 9.46. The molecule has 0 saturated carbocycles. The van der Waals surface area contributed by atoms with Crippen molar-refractivity contribution in [3.8, 4) is 0 Å². The van der Waals surface area contributed by atoms with Gasteiger partial charge >= 0.3 is 0 Å². The van der Waals surface area contributed by atoms with Crippen molar-refractivity contribution < 1.29 is 9.84 Å². The van der Waals surface area contributed by atoms with Gasteiger partial charge in [0.05, 0.1) is 18.5 Å². The van der Waals surface area contributed by atoms with E-state index < -0.39 is 0 Å². The maximum absolute atomic E-state index is 9.12. The lowest BCUT2D eigenvalue weighted by molar-refractivity contribution is 0.0152. The van der Waals surface area contributed by atoms with Gasteiger partial charge in [-0.05, 0) is 26.3 Å². The molecule has 0 spiro atoms. The lowest BCUT2D eigenvalue weighted by atomic mass is 10.2. The normalized spacial score (nSPS) is 23.8. The molecule has 0 aliphatic carbocycles. The molecule has 0 amide bonds. The fraction of sp³-hybridized carbons (Fsp3) is 0.800. The highest BCUT2D eigenvalue weighted by atomic mass is 35.5. The van der Waals surface area contributed by atoms with Crippen molar-refractivity contribution in [1.82, 2.24) is 10.4 Å². The van der Waals surface area contributed by atoms with E-state index in [1.807, 2.05) is 25.8 Å². The SMILES string of the molecule is CCOC1NN(C(C)CO)C(CCl)=C1C. The molecule has 0 radical (unpaired) electrons. The molecule has 0 saturated heterocycles. The van der Waals surface area contributed by atoms with Crippen LogP contribution in [0.1, 0.15) is 20.8 Å².